The molecule has 0 aromatic rings. The summed E-state index contributed by atoms with van der Waals surface area (Å²) < 4.78 is 0. The van der Waals surface area contributed by atoms with Gasteiger partial charge in [-0.1, -0.05) is 62.6 Å². The van der Waals surface area contributed by atoms with Crippen LogP contribution in [-0.4, -0.2) is 6.29 Å². The molecule has 0 saturated heterocycles. The van der Waals surface area contributed by atoms with E-state index in [9.17, 15) is 4.79 Å². The van der Waals surface area contributed by atoms with Crippen molar-refractivity contribution >= 4 is 6.29 Å². The Hall–Kier alpha value is -1.11. The Labute approximate surface area is 119 Å². The lowest BCUT2D eigenvalue weighted by atomic mass is 10.1. The number of carbonyl (C=O) groups excluding carboxylic acids is 1. The van der Waals surface area contributed by atoms with Gasteiger partial charge in [0.25, 0.3) is 0 Å². The standard InChI is InChI=1S/C18H30O/c1-2-3-4-5-6-7-8-9-10-11-12-13-14-15-16-17-18-19/h3-4,6-7,9-10,18H,2,5,8,11-17H2,1H3/b4-3?,7-6?,10-9-. The molecule has 0 aliphatic heterocycles. The summed E-state index contributed by atoms with van der Waals surface area (Å²) in [6, 6.07) is 0. The van der Waals surface area contributed by atoms with Gasteiger partial charge in [0.2, 0.25) is 0 Å². The zero-order valence-electron chi connectivity index (χ0n) is 12.5. The van der Waals surface area contributed by atoms with Crippen LogP contribution >= 0.6 is 0 Å². The highest BCUT2D eigenvalue weighted by molar-refractivity contribution is 5.48. The second kappa shape index (κ2) is 16.9. The molecule has 0 aromatic heterocycles. The smallest absolute Gasteiger partial charge is 0.119 e. The Morgan fingerprint density at radius 3 is 1.79 bits per heavy atom. The van der Waals surface area contributed by atoms with Crippen LogP contribution in [0, 0.1) is 0 Å². The summed E-state index contributed by atoms with van der Waals surface area (Å²) in [5, 5.41) is 0. The van der Waals surface area contributed by atoms with Gasteiger partial charge in [-0.15, -0.1) is 0 Å². The largest absolute Gasteiger partial charge is 0.303 e. The summed E-state index contributed by atoms with van der Waals surface area (Å²) in [5.41, 5.74) is 0. The number of hydrogen-bond donors (Lipinski definition) is 0. The van der Waals surface area contributed by atoms with Gasteiger partial charge in [0.15, 0.2) is 0 Å². The number of carbonyl (C=O) groups is 1. The fraction of sp³-hybridized carbons (Fsp3) is 0.611. The fourth-order valence-corrected chi connectivity index (χ4v) is 1.85. The predicted octanol–water partition coefficient (Wildman–Crippen LogP) is 5.77. The summed E-state index contributed by atoms with van der Waals surface area (Å²) in [7, 11) is 0. The van der Waals surface area contributed by atoms with Crippen molar-refractivity contribution in [2.45, 2.75) is 71.1 Å². The highest BCUT2D eigenvalue weighted by atomic mass is 16.1. The number of allylic oxidation sites excluding steroid dienone is 6. The Balaban J connectivity index is 3.21. The van der Waals surface area contributed by atoms with Gasteiger partial charge in [-0.05, 0) is 38.5 Å². The average molecular weight is 262 g/mol. The monoisotopic (exact) mass is 262 g/mol. The lowest BCUT2D eigenvalue weighted by molar-refractivity contribution is -0.107. The molecule has 1 nitrogen and oxygen atoms in total. The van der Waals surface area contributed by atoms with E-state index in [4.69, 9.17) is 0 Å². The molecule has 0 saturated carbocycles. The van der Waals surface area contributed by atoms with Crippen molar-refractivity contribution < 1.29 is 4.79 Å². The molecule has 0 aliphatic carbocycles. The lowest BCUT2D eigenvalue weighted by Crippen LogP contribution is -1.80. The first-order valence-corrected chi connectivity index (χ1v) is 7.80. The molecule has 108 valence electrons. The molecule has 0 N–H and O–H groups in total. The number of unbranched alkanes of at least 4 members (excludes halogenated alkanes) is 6. The van der Waals surface area contributed by atoms with Crippen LogP contribution in [0.4, 0.5) is 0 Å². The normalized spacial score (nSPS) is 12.1. The summed E-state index contributed by atoms with van der Waals surface area (Å²) in [4.78, 5) is 10.1. The van der Waals surface area contributed by atoms with Crippen LogP contribution in [0.2, 0.25) is 0 Å². The molecule has 0 bridgehead atoms. The van der Waals surface area contributed by atoms with Gasteiger partial charge in [-0.2, -0.15) is 0 Å². The van der Waals surface area contributed by atoms with E-state index >= 15 is 0 Å². The first-order valence-electron chi connectivity index (χ1n) is 7.80. The molecule has 0 amide bonds. The molecule has 0 atom stereocenters. The summed E-state index contributed by atoms with van der Waals surface area (Å²) in [6.45, 7) is 2.16. The van der Waals surface area contributed by atoms with Crippen LogP contribution in [0.15, 0.2) is 36.5 Å². The molecule has 0 aliphatic rings. The molecule has 0 heterocycles. The van der Waals surface area contributed by atoms with Crippen LogP contribution in [0.1, 0.15) is 71.1 Å². The van der Waals surface area contributed by atoms with E-state index in [1.807, 2.05) is 0 Å². The molecule has 0 rings (SSSR count). The van der Waals surface area contributed by atoms with Crippen LogP contribution in [0.3, 0.4) is 0 Å². The van der Waals surface area contributed by atoms with Crippen molar-refractivity contribution in [2.24, 2.45) is 0 Å². The summed E-state index contributed by atoms with van der Waals surface area (Å²) in [5.74, 6) is 0. The zero-order valence-corrected chi connectivity index (χ0v) is 12.5. The van der Waals surface area contributed by atoms with Crippen LogP contribution in [-0.2, 0) is 4.79 Å². The minimum atomic E-state index is 0.736. The molecule has 1 heteroatoms. The molecule has 0 radical (unpaired) electrons. The number of rotatable bonds is 13. The van der Waals surface area contributed by atoms with Crippen LogP contribution in [0.5, 0.6) is 0 Å². The Kier molecular flexibility index (Phi) is 15.9. The van der Waals surface area contributed by atoms with Gasteiger partial charge >= 0.3 is 0 Å². The van der Waals surface area contributed by atoms with E-state index < -0.39 is 0 Å². The lowest BCUT2D eigenvalue weighted by Gasteiger charge is -1.97. The van der Waals surface area contributed by atoms with Crippen LogP contribution in [0.25, 0.3) is 0 Å². The maximum Gasteiger partial charge on any atom is 0.119 e. The first kappa shape index (κ1) is 17.9. The second-order valence-corrected chi connectivity index (χ2v) is 4.81. The minimum Gasteiger partial charge on any atom is -0.303 e. The summed E-state index contributed by atoms with van der Waals surface area (Å²) >= 11 is 0. The summed E-state index contributed by atoms with van der Waals surface area (Å²) in [6.07, 6.45) is 25.7. The first-order chi connectivity index (χ1) is 9.41. The van der Waals surface area contributed by atoms with Gasteiger partial charge in [-0.25, -0.2) is 0 Å². The predicted molar refractivity (Wildman–Crippen MR) is 85.3 cm³/mol. The van der Waals surface area contributed by atoms with Crippen molar-refractivity contribution in [3.05, 3.63) is 36.5 Å². The Morgan fingerprint density at radius 1 is 0.632 bits per heavy atom. The highest BCUT2D eigenvalue weighted by Crippen LogP contribution is 2.07. The molecule has 0 aromatic carbocycles. The molecule has 0 spiro atoms. The number of aldehydes is 1. The molecule has 0 fully saturated rings. The van der Waals surface area contributed by atoms with Crippen molar-refractivity contribution in [1.29, 1.82) is 0 Å². The van der Waals surface area contributed by atoms with Gasteiger partial charge in [0.05, 0.1) is 0 Å². The van der Waals surface area contributed by atoms with E-state index in [0.717, 1.165) is 38.4 Å². The molecule has 19 heavy (non-hydrogen) atoms. The second-order valence-electron chi connectivity index (χ2n) is 4.81. The van der Waals surface area contributed by atoms with Crippen molar-refractivity contribution in [3.8, 4) is 0 Å². The maximum atomic E-state index is 10.1. The zero-order chi connectivity index (χ0) is 14.0. The van der Waals surface area contributed by atoms with E-state index in [2.05, 4.69) is 43.4 Å². The van der Waals surface area contributed by atoms with E-state index in [0.29, 0.717) is 0 Å². The maximum absolute atomic E-state index is 10.1. The van der Waals surface area contributed by atoms with Gasteiger partial charge in [-0.3, -0.25) is 0 Å². The van der Waals surface area contributed by atoms with Crippen LogP contribution < -0.4 is 0 Å². The Morgan fingerprint density at radius 2 is 1.16 bits per heavy atom. The van der Waals surface area contributed by atoms with E-state index in [1.54, 1.807) is 0 Å². The highest BCUT2D eigenvalue weighted by Gasteiger charge is 1.89. The topological polar surface area (TPSA) is 17.1 Å². The van der Waals surface area contributed by atoms with E-state index in [1.165, 1.54) is 32.1 Å². The third-order valence-electron chi connectivity index (χ3n) is 2.97. The Bertz CT molecular complexity index is 261. The van der Waals surface area contributed by atoms with Crippen molar-refractivity contribution in [2.75, 3.05) is 0 Å². The quantitative estimate of drug-likeness (QED) is 0.234. The van der Waals surface area contributed by atoms with Gasteiger partial charge in [0.1, 0.15) is 6.29 Å². The minimum absolute atomic E-state index is 0.736. The van der Waals surface area contributed by atoms with Crippen molar-refractivity contribution in [3.63, 3.8) is 0 Å². The molecular formula is C18H30O. The third-order valence-corrected chi connectivity index (χ3v) is 2.97. The molecule has 0 unspecified atom stereocenters. The third kappa shape index (κ3) is 16.9. The van der Waals surface area contributed by atoms with Gasteiger partial charge in [0, 0.05) is 6.42 Å². The molecular weight excluding hydrogens is 232 g/mol. The average Bonchev–Trinajstić information content (AvgIpc) is 2.43. The van der Waals surface area contributed by atoms with Gasteiger partial charge < -0.3 is 4.79 Å². The van der Waals surface area contributed by atoms with E-state index in [-0.39, 0.29) is 0 Å². The number of hydrogen-bond acceptors (Lipinski definition) is 1. The SMILES string of the molecule is CCC=CCC=CC/C=C\CCCCCCCC=O. The van der Waals surface area contributed by atoms with Crippen molar-refractivity contribution in [1.82, 2.24) is 0 Å². The fourth-order valence-electron chi connectivity index (χ4n) is 1.85.